The van der Waals surface area contributed by atoms with Gasteiger partial charge in [-0.15, -0.1) is 0 Å². The van der Waals surface area contributed by atoms with E-state index in [9.17, 15) is 4.79 Å². The van der Waals surface area contributed by atoms with Gasteiger partial charge in [0.2, 0.25) is 0 Å². The van der Waals surface area contributed by atoms with Crippen LogP contribution >= 0.6 is 0 Å². The highest BCUT2D eigenvalue weighted by Gasteiger charge is 2.29. The largest absolute Gasteiger partial charge is 0.465 e. The summed E-state index contributed by atoms with van der Waals surface area (Å²) in [6, 6.07) is 1.16. The van der Waals surface area contributed by atoms with Gasteiger partial charge in [-0.3, -0.25) is 4.79 Å². The Bertz CT molecular complexity index is 286. The van der Waals surface area contributed by atoms with E-state index in [4.69, 9.17) is 4.74 Å². The molecule has 1 N–H and O–H groups in total. The number of nitrogens with zero attached hydrogens (tertiary/aromatic N) is 1. The summed E-state index contributed by atoms with van der Waals surface area (Å²) in [4.78, 5) is 14.4. The van der Waals surface area contributed by atoms with Gasteiger partial charge in [-0.05, 0) is 46.1 Å². The number of nitrogens with one attached hydrogen (secondary N) is 1. The summed E-state index contributed by atoms with van der Waals surface area (Å²) >= 11 is 0. The summed E-state index contributed by atoms with van der Waals surface area (Å²) in [6.07, 6.45) is 8.62. The molecular formula is C15H28N2O2. The normalized spacial score (nSPS) is 21.8. The lowest BCUT2D eigenvalue weighted by Crippen LogP contribution is -2.42. The van der Waals surface area contributed by atoms with Gasteiger partial charge in [-0.25, -0.2) is 0 Å². The zero-order chi connectivity index (χ0) is 13.7. The Morgan fingerprint density at radius 3 is 2.58 bits per heavy atom. The Hall–Kier alpha value is -0.610. The molecule has 110 valence electrons. The standard InChI is InChI=1S/C15H28N2O2/c1-3-19-15(18)14(16-12-8-9-12)10-11-17(2)13-6-4-5-7-13/h12-14,16H,3-11H2,1-2H3. The van der Waals surface area contributed by atoms with Crippen LogP contribution in [-0.4, -0.2) is 49.2 Å². The maximum atomic E-state index is 11.9. The van der Waals surface area contributed by atoms with Gasteiger partial charge < -0.3 is 15.0 Å². The van der Waals surface area contributed by atoms with E-state index < -0.39 is 0 Å². The van der Waals surface area contributed by atoms with E-state index >= 15 is 0 Å². The van der Waals surface area contributed by atoms with Crippen molar-refractivity contribution in [1.29, 1.82) is 0 Å². The molecule has 2 saturated carbocycles. The van der Waals surface area contributed by atoms with Gasteiger partial charge in [0.25, 0.3) is 0 Å². The second-order valence-corrected chi connectivity index (χ2v) is 5.95. The van der Waals surface area contributed by atoms with E-state index in [1.807, 2.05) is 6.92 Å². The van der Waals surface area contributed by atoms with Gasteiger partial charge in [0.1, 0.15) is 6.04 Å². The Labute approximate surface area is 116 Å². The van der Waals surface area contributed by atoms with Gasteiger partial charge in [0.15, 0.2) is 0 Å². The molecule has 2 aliphatic rings. The molecule has 1 atom stereocenters. The highest BCUT2D eigenvalue weighted by Crippen LogP contribution is 2.23. The fraction of sp³-hybridized carbons (Fsp3) is 0.933. The molecule has 0 spiro atoms. The summed E-state index contributed by atoms with van der Waals surface area (Å²) < 4.78 is 5.17. The van der Waals surface area contributed by atoms with Crippen LogP contribution < -0.4 is 5.32 Å². The van der Waals surface area contributed by atoms with Gasteiger partial charge in [0, 0.05) is 18.6 Å². The highest BCUT2D eigenvalue weighted by molar-refractivity contribution is 5.75. The minimum Gasteiger partial charge on any atom is -0.465 e. The maximum absolute atomic E-state index is 11.9. The quantitative estimate of drug-likeness (QED) is 0.683. The third kappa shape index (κ3) is 4.77. The van der Waals surface area contributed by atoms with Crippen LogP contribution in [0.3, 0.4) is 0 Å². The Morgan fingerprint density at radius 2 is 2.00 bits per heavy atom. The van der Waals surface area contributed by atoms with Gasteiger partial charge in [0.05, 0.1) is 6.61 Å². The van der Waals surface area contributed by atoms with Crippen molar-refractivity contribution >= 4 is 5.97 Å². The number of ether oxygens (including phenoxy) is 1. The third-order valence-corrected chi connectivity index (χ3v) is 4.30. The molecule has 19 heavy (non-hydrogen) atoms. The summed E-state index contributed by atoms with van der Waals surface area (Å²) in [5.41, 5.74) is 0. The van der Waals surface area contributed by atoms with E-state index in [-0.39, 0.29) is 12.0 Å². The second kappa shape index (κ2) is 7.25. The van der Waals surface area contributed by atoms with Crippen LogP contribution in [0.25, 0.3) is 0 Å². The lowest BCUT2D eigenvalue weighted by molar-refractivity contribution is -0.146. The van der Waals surface area contributed by atoms with Crippen molar-refractivity contribution in [2.45, 2.75) is 70.0 Å². The van der Waals surface area contributed by atoms with Crippen molar-refractivity contribution in [3.05, 3.63) is 0 Å². The average Bonchev–Trinajstić information content (AvgIpc) is 3.04. The van der Waals surface area contributed by atoms with Gasteiger partial charge >= 0.3 is 5.97 Å². The molecule has 0 radical (unpaired) electrons. The highest BCUT2D eigenvalue weighted by atomic mass is 16.5. The van der Waals surface area contributed by atoms with Crippen molar-refractivity contribution in [2.75, 3.05) is 20.2 Å². The van der Waals surface area contributed by atoms with E-state index in [0.717, 1.165) is 19.0 Å². The van der Waals surface area contributed by atoms with Gasteiger partial charge in [-0.2, -0.15) is 0 Å². The third-order valence-electron chi connectivity index (χ3n) is 4.30. The van der Waals surface area contributed by atoms with E-state index in [0.29, 0.717) is 12.6 Å². The lowest BCUT2D eigenvalue weighted by Gasteiger charge is -2.26. The SMILES string of the molecule is CCOC(=O)C(CCN(C)C1CCCC1)NC1CC1. The molecule has 0 saturated heterocycles. The first-order valence-electron chi connectivity index (χ1n) is 7.83. The smallest absolute Gasteiger partial charge is 0.323 e. The molecule has 0 bridgehead atoms. The summed E-state index contributed by atoms with van der Waals surface area (Å²) in [7, 11) is 2.19. The molecule has 2 fully saturated rings. The first kappa shape index (κ1) is 14.8. The average molecular weight is 268 g/mol. The first-order valence-corrected chi connectivity index (χ1v) is 7.83. The number of esters is 1. The van der Waals surface area contributed by atoms with Gasteiger partial charge in [-0.1, -0.05) is 12.8 Å². The topological polar surface area (TPSA) is 41.6 Å². The zero-order valence-electron chi connectivity index (χ0n) is 12.4. The fourth-order valence-corrected chi connectivity index (χ4v) is 2.91. The van der Waals surface area contributed by atoms with Crippen molar-refractivity contribution in [1.82, 2.24) is 10.2 Å². The number of rotatable bonds is 8. The number of carbonyl (C=O) groups excluding carboxylic acids is 1. The first-order chi connectivity index (χ1) is 9.20. The minimum absolute atomic E-state index is 0.0748. The molecule has 0 heterocycles. The lowest BCUT2D eigenvalue weighted by atomic mass is 10.1. The number of carbonyl (C=O) groups is 1. The second-order valence-electron chi connectivity index (χ2n) is 5.95. The molecule has 4 heteroatoms. The fourth-order valence-electron chi connectivity index (χ4n) is 2.91. The molecule has 2 aliphatic carbocycles. The van der Waals surface area contributed by atoms with Crippen LogP contribution in [0.2, 0.25) is 0 Å². The maximum Gasteiger partial charge on any atom is 0.323 e. The van der Waals surface area contributed by atoms with Crippen LogP contribution in [0.15, 0.2) is 0 Å². The summed E-state index contributed by atoms with van der Waals surface area (Å²) in [6.45, 7) is 3.32. The molecule has 4 nitrogen and oxygen atoms in total. The minimum atomic E-state index is -0.115. The van der Waals surface area contributed by atoms with Crippen LogP contribution in [-0.2, 0) is 9.53 Å². The van der Waals surface area contributed by atoms with Crippen LogP contribution in [0.1, 0.15) is 51.9 Å². The Kier molecular flexibility index (Phi) is 5.64. The molecular weight excluding hydrogens is 240 g/mol. The molecule has 0 aromatic heterocycles. The molecule has 1 unspecified atom stereocenters. The molecule has 0 aliphatic heterocycles. The predicted octanol–water partition coefficient (Wildman–Crippen LogP) is 1.93. The molecule has 0 amide bonds. The van der Waals surface area contributed by atoms with Crippen LogP contribution in [0.5, 0.6) is 0 Å². The van der Waals surface area contributed by atoms with Crippen molar-refractivity contribution in [2.24, 2.45) is 0 Å². The molecule has 2 rings (SSSR count). The summed E-state index contributed by atoms with van der Waals surface area (Å²) in [5.74, 6) is -0.0748. The monoisotopic (exact) mass is 268 g/mol. The van der Waals surface area contributed by atoms with Crippen molar-refractivity contribution in [3.8, 4) is 0 Å². The summed E-state index contributed by atoms with van der Waals surface area (Å²) in [5, 5.41) is 3.42. The van der Waals surface area contributed by atoms with E-state index in [2.05, 4.69) is 17.3 Å². The Balaban J connectivity index is 1.75. The number of hydrogen-bond acceptors (Lipinski definition) is 4. The number of hydrogen-bond donors (Lipinski definition) is 1. The zero-order valence-corrected chi connectivity index (χ0v) is 12.4. The molecule has 0 aromatic carbocycles. The molecule has 0 aromatic rings. The predicted molar refractivity (Wildman–Crippen MR) is 76.1 cm³/mol. The van der Waals surface area contributed by atoms with Crippen molar-refractivity contribution in [3.63, 3.8) is 0 Å². The van der Waals surface area contributed by atoms with Crippen LogP contribution in [0.4, 0.5) is 0 Å². The van der Waals surface area contributed by atoms with E-state index in [1.54, 1.807) is 0 Å². The van der Waals surface area contributed by atoms with E-state index in [1.165, 1.54) is 38.5 Å². The van der Waals surface area contributed by atoms with Crippen LogP contribution in [0, 0.1) is 0 Å². The Morgan fingerprint density at radius 1 is 1.32 bits per heavy atom. The van der Waals surface area contributed by atoms with Crippen molar-refractivity contribution < 1.29 is 9.53 Å².